The minimum absolute atomic E-state index is 0.0119. The molecule has 1 aromatic heterocycles. The van der Waals surface area contributed by atoms with Crippen molar-refractivity contribution in [3.63, 3.8) is 0 Å². The Morgan fingerprint density at radius 3 is 2.53 bits per heavy atom. The van der Waals surface area contributed by atoms with Crippen LogP contribution in [0.2, 0.25) is 0 Å². The smallest absolute Gasteiger partial charge is 0.309 e. The van der Waals surface area contributed by atoms with Gasteiger partial charge in [0.25, 0.3) is 0 Å². The minimum Gasteiger partial charge on any atom is -0.497 e. The number of esters is 1. The molecule has 3 rings (SSSR count). The normalized spacial score (nSPS) is 10.9. The minimum atomic E-state index is -0.252. The van der Waals surface area contributed by atoms with Crippen LogP contribution in [0.15, 0.2) is 72.9 Å². The van der Waals surface area contributed by atoms with Gasteiger partial charge in [0.1, 0.15) is 5.75 Å². The fraction of sp³-hybridized carbons (Fsp3) is 0.200. The van der Waals surface area contributed by atoms with E-state index in [4.69, 9.17) is 9.47 Å². The van der Waals surface area contributed by atoms with Crippen LogP contribution in [-0.4, -0.2) is 30.5 Å². The molecule has 0 aliphatic rings. The molecule has 0 saturated heterocycles. The molecule has 0 aliphatic heterocycles. The van der Waals surface area contributed by atoms with Crippen molar-refractivity contribution in [3.8, 4) is 5.75 Å². The summed E-state index contributed by atoms with van der Waals surface area (Å²) in [6, 6.07) is 18.7. The van der Waals surface area contributed by atoms with Crippen LogP contribution in [0.1, 0.15) is 33.6 Å². The van der Waals surface area contributed by atoms with Crippen molar-refractivity contribution < 1.29 is 19.1 Å². The van der Waals surface area contributed by atoms with E-state index in [9.17, 15) is 9.59 Å². The van der Waals surface area contributed by atoms with E-state index < -0.39 is 0 Å². The second kappa shape index (κ2) is 10.3. The lowest BCUT2D eigenvalue weighted by atomic mass is 10.1. The van der Waals surface area contributed by atoms with Gasteiger partial charge in [0.15, 0.2) is 0 Å². The number of benzene rings is 2. The molecule has 0 unspecified atom stereocenters. The van der Waals surface area contributed by atoms with E-state index in [2.05, 4.69) is 6.08 Å². The summed E-state index contributed by atoms with van der Waals surface area (Å²) in [5.41, 5.74) is 3.24. The number of nitrogens with zero attached hydrogens (tertiary/aromatic N) is 1. The van der Waals surface area contributed by atoms with Crippen molar-refractivity contribution in [1.29, 1.82) is 0 Å². The molecule has 0 fully saturated rings. The van der Waals surface area contributed by atoms with E-state index >= 15 is 0 Å². The Balaban J connectivity index is 1.61. The topological polar surface area (TPSA) is 57.5 Å². The molecular formula is C25H25NO4. The van der Waals surface area contributed by atoms with Gasteiger partial charge in [-0.1, -0.05) is 36.4 Å². The molecule has 0 radical (unpaired) electrons. The molecule has 3 aromatic rings. The Hall–Kier alpha value is -3.60. The van der Waals surface area contributed by atoms with Crippen LogP contribution < -0.4 is 4.74 Å². The molecule has 0 atom stereocenters. The highest BCUT2D eigenvalue weighted by molar-refractivity contribution is 6.08. The number of rotatable bonds is 9. The van der Waals surface area contributed by atoms with E-state index in [-0.39, 0.29) is 18.2 Å². The van der Waals surface area contributed by atoms with Gasteiger partial charge in [-0.2, -0.15) is 0 Å². The average Bonchev–Trinajstić information content (AvgIpc) is 3.25. The Kier molecular flexibility index (Phi) is 7.22. The number of ether oxygens (including phenoxy) is 2. The summed E-state index contributed by atoms with van der Waals surface area (Å²) in [7, 11) is 2.99. The van der Waals surface area contributed by atoms with Crippen LogP contribution in [0.4, 0.5) is 0 Å². The number of aryl methyl sites for hydroxylation is 1. The molecule has 2 aromatic carbocycles. The third-order valence-corrected chi connectivity index (χ3v) is 4.79. The molecule has 0 bridgehead atoms. The first-order valence-corrected chi connectivity index (χ1v) is 9.77. The fourth-order valence-corrected chi connectivity index (χ4v) is 3.18. The first-order chi connectivity index (χ1) is 14.6. The standard InChI is InChI=1S/C25H25NO4/c1-29-22-13-11-21(12-14-22)25(28)23-10-6-16-26(23)15-4-3-7-19-8-5-9-20(17-19)18-24(27)30-2/h3,5-14,16-17H,4,15,18H2,1-2H3/b7-3+. The number of carbonyl (C=O) groups excluding carboxylic acids is 2. The molecule has 5 nitrogen and oxygen atoms in total. The largest absolute Gasteiger partial charge is 0.497 e. The van der Waals surface area contributed by atoms with E-state index in [0.29, 0.717) is 17.8 Å². The maximum Gasteiger partial charge on any atom is 0.309 e. The molecule has 1 heterocycles. The maximum absolute atomic E-state index is 12.8. The number of allylic oxidation sites excluding steroid dienone is 1. The number of hydrogen-bond donors (Lipinski definition) is 0. The van der Waals surface area contributed by atoms with Crippen molar-refractivity contribution in [1.82, 2.24) is 4.57 Å². The third kappa shape index (κ3) is 5.47. The highest BCUT2D eigenvalue weighted by Gasteiger charge is 2.13. The van der Waals surface area contributed by atoms with Gasteiger partial charge in [-0.15, -0.1) is 0 Å². The molecule has 0 amide bonds. The zero-order valence-corrected chi connectivity index (χ0v) is 17.2. The highest BCUT2D eigenvalue weighted by atomic mass is 16.5. The lowest BCUT2D eigenvalue weighted by molar-refractivity contribution is -0.139. The number of carbonyl (C=O) groups is 2. The van der Waals surface area contributed by atoms with Crippen LogP contribution in [0.25, 0.3) is 6.08 Å². The summed E-state index contributed by atoms with van der Waals surface area (Å²) in [6.07, 6.45) is 7.05. The zero-order chi connectivity index (χ0) is 21.3. The molecule has 0 spiro atoms. The van der Waals surface area contributed by atoms with Gasteiger partial charge in [0.2, 0.25) is 5.78 Å². The van der Waals surface area contributed by atoms with Crippen LogP contribution >= 0.6 is 0 Å². The van der Waals surface area contributed by atoms with E-state index in [1.165, 1.54) is 7.11 Å². The summed E-state index contributed by atoms with van der Waals surface area (Å²) >= 11 is 0. The van der Waals surface area contributed by atoms with Crippen LogP contribution in [0.5, 0.6) is 5.75 Å². The number of ketones is 1. The summed E-state index contributed by atoms with van der Waals surface area (Å²) < 4.78 is 11.8. The van der Waals surface area contributed by atoms with Crippen LogP contribution in [0, 0.1) is 0 Å². The quantitative estimate of drug-likeness (QED) is 0.389. The highest BCUT2D eigenvalue weighted by Crippen LogP contribution is 2.16. The first kappa shape index (κ1) is 21.1. The molecule has 30 heavy (non-hydrogen) atoms. The summed E-state index contributed by atoms with van der Waals surface area (Å²) in [4.78, 5) is 24.2. The Bertz CT molecular complexity index is 1030. The molecular weight excluding hydrogens is 378 g/mol. The molecule has 0 aliphatic carbocycles. The Morgan fingerprint density at radius 2 is 1.80 bits per heavy atom. The van der Waals surface area contributed by atoms with Gasteiger partial charge in [0, 0.05) is 18.3 Å². The summed E-state index contributed by atoms with van der Waals surface area (Å²) in [5, 5.41) is 0. The molecule has 0 N–H and O–H groups in total. The summed E-state index contributed by atoms with van der Waals surface area (Å²) in [6.45, 7) is 0.697. The molecule has 154 valence electrons. The summed E-state index contributed by atoms with van der Waals surface area (Å²) in [5.74, 6) is 0.461. The third-order valence-electron chi connectivity index (χ3n) is 4.79. The fourth-order valence-electron chi connectivity index (χ4n) is 3.18. The van der Waals surface area contributed by atoms with Crippen molar-refractivity contribution in [2.45, 2.75) is 19.4 Å². The van der Waals surface area contributed by atoms with E-state index in [1.807, 2.05) is 53.2 Å². The van der Waals surface area contributed by atoms with E-state index in [0.717, 1.165) is 23.3 Å². The maximum atomic E-state index is 12.8. The van der Waals surface area contributed by atoms with Crippen molar-refractivity contribution in [2.24, 2.45) is 0 Å². The average molecular weight is 403 g/mol. The Labute approximate surface area is 176 Å². The number of aromatic nitrogens is 1. The second-order valence-corrected chi connectivity index (χ2v) is 6.83. The molecule has 5 heteroatoms. The Morgan fingerprint density at radius 1 is 1.00 bits per heavy atom. The van der Waals surface area contributed by atoms with Gasteiger partial charge >= 0.3 is 5.97 Å². The lowest BCUT2D eigenvalue weighted by Crippen LogP contribution is -2.09. The number of methoxy groups -OCH3 is 2. The second-order valence-electron chi connectivity index (χ2n) is 6.83. The van der Waals surface area contributed by atoms with Gasteiger partial charge in [-0.05, 0) is 53.9 Å². The first-order valence-electron chi connectivity index (χ1n) is 9.77. The lowest BCUT2D eigenvalue weighted by Gasteiger charge is -2.08. The van der Waals surface area contributed by atoms with Gasteiger partial charge in [0.05, 0.1) is 26.3 Å². The van der Waals surface area contributed by atoms with Crippen molar-refractivity contribution >= 4 is 17.8 Å². The predicted molar refractivity (Wildman–Crippen MR) is 117 cm³/mol. The monoisotopic (exact) mass is 403 g/mol. The molecule has 0 saturated carbocycles. The van der Waals surface area contributed by atoms with Crippen molar-refractivity contribution in [2.75, 3.05) is 14.2 Å². The van der Waals surface area contributed by atoms with Gasteiger partial charge < -0.3 is 14.0 Å². The van der Waals surface area contributed by atoms with Crippen LogP contribution in [-0.2, 0) is 22.5 Å². The van der Waals surface area contributed by atoms with Gasteiger partial charge in [-0.25, -0.2) is 0 Å². The zero-order valence-electron chi connectivity index (χ0n) is 17.2. The van der Waals surface area contributed by atoms with Crippen molar-refractivity contribution in [3.05, 3.63) is 95.3 Å². The van der Waals surface area contributed by atoms with Gasteiger partial charge in [-0.3, -0.25) is 9.59 Å². The predicted octanol–water partition coefficient (Wildman–Crippen LogP) is 4.55. The van der Waals surface area contributed by atoms with Crippen LogP contribution in [0.3, 0.4) is 0 Å². The van der Waals surface area contributed by atoms with E-state index in [1.54, 1.807) is 31.4 Å². The number of hydrogen-bond acceptors (Lipinski definition) is 4. The SMILES string of the molecule is COC(=O)Cc1cccc(/C=C/CCn2cccc2C(=O)c2ccc(OC)cc2)c1.